The summed E-state index contributed by atoms with van der Waals surface area (Å²) in [4.78, 5) is 35.5. The number of fused-ring (bicyclic) bond motifs is 1. The minimum atomic E-state index is -0.680. The van der Waals surface area contributed by atoms with Gasteiger partial charge in [0.05, 0.1) is 6.04 Å². The van der Waals surface area contributed by atoms with Crippen LogP contribution in [0.4, 0.5) is 0 Å². The number of esters is 1. The molecular formula is C24H25NO6. The molecule has 7 heteroatoms. The number of carbonyl (C=O) groups excluding carboxylic acids is 2. The highest BCUT2D eigenvalue weighted by Gasteiger charge is 2.13. The molecule has 1 aromatic heterocycles. The van der Waals surface area contributed by atoms with Gasteiger partial charge in [-0.15, -0.1) is 0 Å². The highest BCUT2D eigenvalue weighted by atomic mass is 16.6. The van der Waals surface area contributed by atoms with E-state index in [9.17, 15) is 14.4 Å². The minimum absolute atomic E-state index is 0.205. The smallest absolute Gasteiger partial charge is 0.344 e. The van der Waals surface area contributed by atoms with Gasteiger partial charge in [-0.2, -0.15) is 0 Å². The van der Waals surface area contributed by atoms with E-state index in [1.54, 1.807) is 12.1 Å². The van der Waals surface area contributed by atoms with Crippen LogP contribution in [0.5, 0.6) is 5.75 Å². The van der Waals surface area contributed by atoms with Crippen molar-refractivity contribution in [1.29, 1.82) is 0 Å². The van der Waals surface area contributed by atoms with Crippen molar-refractivity contribution in [2.75, 3.05) is 13.2 Å². The molecule has 0 radical (unpaired) electrons. The first-order chi connectivity index (χ1) is 14.9. The van der Waals surface area contributed by atoms with Crippen LogP contribution in [-0.4, -0.2) is 25.1 Å². The van der Waals surface area contributed by atoms with Gasteiger partial charge in [-0.3, -0.25) is 4.79 Å². The summed E-state index contributed by atoms with van der Waals surface area (Å²) in [6, 6.07) is 14.1. The standard InChI is InChI=1S/C24H25NO6/c1-4-17-5-7-18(8-6-17)16(3)25-22(26)13-30-24(28)14-29-19-9-10-20-15(2)11-23(27)31-21(20)12-19/h5-12,16H,4,13-14H2,1-3H3,(H,25,26)/t16-/m1/s1. The number of amides is 1. The summed E-state index contributed by atoms with van der Waals surface area (Å²) in [5, 5.41) is 3.58. The zero-order valence-electron chi connectivity index (χ0n) is 17.8. The number of nitrogens with one attached hydrogen (secondary N) is 1. The van der Waals surface area contributed by atoms with E-state index in [0.29, 0.717) is 11.3 Å². The molecule has 0 fully saturated rings. The fourth-order valence-electron chi connectivity index (χ4n) is 3.13. The fourth-order valence-corrected chi connectivity index (χ4v) is 3.13. The third-order valence-electron chi connectivity index (χ3n) is 4.91. The summed E-state index contributed by atoms with van der Waals surface area (Å²) in [6.07, 6.45) is 0.951. The Labute approximate surface area is 180 Å². The lowest BCUT2D eigenvalue weighted by molar-refractivity contribution is -0.150. The maximum atomic E-state index is 12.1. The number of rotatable bonds is 8. The van der Waals surface area contributed by atoms with Gasteiger partial charge >= 0.3 is 11.6 Å². The monoisotopic (exact) mass is 423 g/mol. The number of hydrogen-bond acceptors (Lipinski definition) is 6. The zero-order chi connectivity index (χ0) is 22.4. The second kappa shape index (κ2) is 9.93. The summed E-state index contributed by atoms with van der Waals surface area (Å²) in [5.74, 6) is -0.726. The average Bonchev–Trinajstić information content (AvgIpc) is 2.75. The van der Waals surface area contributed by atoms with E-state index in [4.69, 9.17) is 13.9 Å². The van der Waals surface area contributed by atoms with Crippen LogP contribution in [0.15, 0.2) is 57.7 Å². The van der Waals surface area contributed by atoms with Crippen LogP contribution in [0.1, 0.15) is 36.6 Å². The van der Waals surface area contributed by atoms with Gasteiger partial charge in [0.15, 0.2) is 13.2 Å². The first-order valence-corrected chi connectivity index (χ1v) is 10.1. The molecule has 0 unspecified atom stereocenters. The summed E-state index contributed by atoms with van der Waals surface area (Å²) in [7, 11) is 0. The van der Waals surface area contributed by atoms with E-state index in [0.717, 1.165) is 22.9 Å². The molecule has 0 saturated heterocycles. The molecule has 0 bridgehead atoms. The van der Waals surface area contributed by atoms with Crippen LogP contribution in [-0.2, 0) is 20.7 Å². The van der Waals surface area contributed by atoms with E-state index < -0.39 is 24.1 Å². The lowest BCUT2D eigenvalue weighted by Gasteiger charge is -2.15. The number of ether oxygens (including phenoxy) is 2. The predicted molar refractivity (Wildman–Crippen MR) is 116 cm³/mol. The Hall–Kier alpha value is -3.61. The molecule has 162 valence electrons. The number of aryl methyl sites for hydroxylation is 2. The zero-order valence-corrected chi connectivity index (χ0v) is 17.8. The fraction of sp³-hybridized carbons (Fsp3) is 0.292. The van der Waals surface area contributed by atoms with Gasteiger partial charge in [0.25, 0.3) is 5.91 Å². The molecule has 2 aromatic carbocycles. The van der Waals surface area contributed by atoms with Crippen LogP contribution in [0.2, 0.25) is 0 Å². The van der Waals surface area contributed by atoms with Crippen molar-refractivity contribution in [2.24, 2.45) is 0 Å². The van der Waals surface area contributed by atoms with Gasteiger partial charge in [0, 0.05) is 17.5 Å². The molecule has 7 nitrogen and oxygen atoms in total. The molecule has 1 heterocycles. The minimum Gasteiger partial charge on any atom is -0.482 e. The molecule has 0 saturated carbocycles. The summed E-state index contributed by atoms with van der Waals surface area (Å²) >= 11 is 0. The largest absolute Gasteiger partial charge is 0.482 e. The molecule has 0 aliphatic rings. The number of carbonyl (C=O) groups is 2. The van der Waals surface area contributed by atoms with Crippen molar-refractivity contribution in [3.8, 4) is 5.75 Å². The van der Waals surface area contributed by atoms with Crippen molar-refractivity contribution >= 4 is 22.8 Å². The molecule has 0 spiro atoms. The van der Waals surface area contributed by atoms with Gasteiger partial charge in [0.2, 0.25) is 0 Å². The summed E-state index contributed by atoms with van der Waals surface area (Å²) in [6.45, 7) is 4.98. The summed E-state index contributed by atoms with van der Waals surface area (Å²) < 4.78 is 15.5. The first-order valence-electron chi connectivity index (χ1n) is 10.1. The Morgan fingerprint density at radius 3 is 2.52 bits per heavy atom. The molecule has 1 atom stereocenters. The van der Waals surface area contributed by atoms with Crippen molar-refractivity contribution < 1.29 is 23.5 Å². The SMILES string of the molecule is CCc1ccc([C@@H](C)NC(=O)COC(=O)COc2ccc3c(C)cc(=O)oc3c2)cc1. The van der Waals surface area contributed by atoms with Crippen LogP contribution >= 0.6 is 0 Å². The van der Waals surface area contributed by atoms with Crippen LogP contribution in [0, 0.1) is 6.92 Å². The van der Waals surface area contributed by atoms with Crippen molar-refractivity contribution in [3.63, 3.8) is 0 Å². The predicted octanol–water partition coefficient (Wildman–Crippen LogP) is 3.46. The Kier molecular flexibility index (Phi) is 7.07. The normalized spacial score (nSPS) is 11.7. The van der Waals surface area contributed by atoms with Crippen LogP contribution < -0.4 is 15.7 Å². The Morgan fingerprint density at radius 1 is 1.06 bits per heavy atom. The second-order valence-electron chi connectivity index (χ2n) is 7.24. The number of hydrogen-bond donors (Lipinski definition) is 1. The molecular weight excluding hydrogens is 398 g/mol. The molecule has 0 aliphatic heterocycles. The molecule has 31 heavy (non-hydrogen) atoms. The van der Waals surface area contributed by atoms with E-state index in [1.807, 2.05) is 38.1 Å². The lowest BCUT2D eigenvalue weighted by Crippen LogP contribution is -2.31. The highest BCUT2D eigenvalue weighted by Crippen LogP contribution is 2.22. The van der Waals surface area contributed by atoms with Gasteiger partial charge in [0.1, 0.15) is 11.3 Å². The molecule has 3 rings (SSSR count). The molecule has 3 aromatic rings. The Morgan fingerprint density at radius 2 is 1.81 bits per heavy atom. The van der Waals surface area contributed by atoms with Crippen LogP contribution in [0.3, 0.4) is 0 Å². The van der Waals surface area contributed by atoms with Crippen molar-refractivity contribution in [1.82, 2.24) is 5.32 Å². The first kappa shape index (κ1) is 22.1. The number of benzene rings is 2. The average molecular weight is 423 g/mol. The molecule has 0 aliphatic carbocycles. The van der Waals surface area contributed by atoms with E-state index in [2.05, 4.69) is 12.2 Å². The third kappa shape index (κ3) is 5.94. The maximum Gasteiger partial charge on any atom is 0.344 e. The third-order valence-corrected chi connectivity index (χ3v) is 4.91. The highest BCUT2D eigenvalue weighted by molar-refractivity contribution is 5.82. The maximum absolute atomic E-state index is 12.1. The van der Waals surface area contributed by atoms with Gasteiger partial charge in [-0.05, 0) is 49.1 Å². The van der Waals surface area contributed by atoms with E-state index in [-0.39, 0.29) is 12.6 Å². The van der Waals surface area contributed by atoms with Gasteiger partial charge in [-0.25, -0.2) is 9.59 Å². The Balaban J connectivity index is 1.46. The van der Waals surface area contributed by atoms with Gasteiger partial charge < -0.3 is 19.2 Å². The van der Waals surface area contributed by atoms with Gasteiger partial charge in [-0.1, -0.05) is 31.2 Å². The van der Waals surface area contributed by atoms with E-state index >= 15 is 0 Å². The second-order valence-corrected chi connectivity index (χ2v) is 7.24. The van der Waals surface area contributed by atoms with Crippen LogP contribution in [0.25, 0.3) is 11.0 Å². The van der Waals surface area contributed by atoms with E-state index in [1.165, 1.54) is 17.7 Å². The van der Waals surface area contributed by atoms with Crippen molar-refractivity contribution in [3.05, 3.63) is 75.6 Å². The topological polar surface area (TPSA) is 94.8 Å². The molecule has 1 N–H and O–H groups in total. The Bertz CT molecular complexity index is 1130. The summed E-state index contributed by atoms with van der Waals surface area (Å²) in [5.41, 5.74) is 2.90. The van der Waals surface area contributed by atoms with Crippen molar-refractivity contribution in [2.45, 2.75) is 33.2 Å². The quantitative estimate of drug-likeness (QED) is 0.440. The molecule has 1 amide bonds. The lowest BCUT2D eigenvalue weighted by atomic mass is 10.1.